The van der Waals surface area contributed by atoms with Crippen LogP contribution in [0.25, 0.3) is 0 Å². The van der Waals surface area contributed by atoms with Crippen LogP contribution >= 0.6 is 22.6 Å². The first-order valence-electron chi connectivity index (χ1n) is 3.39. The summed E-state index contributed by atoms with van der Waals surface area (Å²) in [5, 5.41) is 0. The van der Waals surface area contributed by atoms with E-state index in [1.54, 1.807) is 22.9 Å². The monoisotopic (exact) mass is 263 g/mol. The van der Waals surface area contributed by atoms with Gasteiger partial charge in [-0.15, -0.1) is 0 Å². The smallest absolute Gasteiger partial charge is 0.251 e. The minimum atomic E-state index is -0.143. The standard InChI is InChI=1S/C8H10INO/c1-8(2,9)10-6-4-3-5-7(10)11/h3-6H,1-2H3. The van der Waals surface area contributed by atoms with Crippen molar-refractivity contribution >= 4 is 22.6 Å². The summed E-state index contributed by atoms with van der Waals surface area (Å²) in [6, 6.07) is 5.18. The number of pyridine rings is 1. The predicted octanol–water partition coefficient (Wildman–Crippen LogP) is 1.98. The summed E-state index contributed by atoms with van der Waals surface area (Å²) >= 11 is 2.23. The first kappa shape index (κ1) is 8.77. The van der Waals surface area contributed by atoms with Gasteiger partial charge in [0.05, 0.1) is 3.55 Å². The Labute approximate surface area is 79.4 Å². The lowest BCUT2D eigenvalue weighted by atomic mass is 10.3. The molecule has 0 radical (unpaired) electrons. The number of halogens is 1. The van der Waals surface area contributed by atoms with Crippen molar-refractivity contribution in [2.75, 3.05) is 0 Å². The van der Waals surface area contributed by atoms with Gasteiger partial charge in [0.15, 0.2) is 0 Å². The van der Waals surface area contributed by atoms with Gasteiger partial charge in [-0.2, -0.15) is 0 Å². The van der Waals surface area contributed by atoms with E-state index in [4.69, 9.17) is 0 Å². The topological polar surface area (TPSA) is 22.0 Å². The second-order valence-electron chi connectivity index (χ2n) is 2.82. The highest BCUT2D eigenvalue weighted by Crippen LogP contribution is 2.20. The lowest BCUT2D eigenvalue weighted by Gasteiger charge is -2.19. The molecule has 0 fully saturated rings. The van der Waals surface area contributed by atoms with Crippen molar-refractivity contribution in [3.8, 4) is 0 Å². The van der Waals surface area contributed by atoms with Crippen molar-refractivity contribution in [3.05, 3.63) is 34.7 Å². The summed E-state index contributed by atoms with van der Waals surface area (Å²) in [5.74, 6) is 0. The number of hydrogen-bond acceptors (Lipinski definition) is 1. The van der Waals surface area contributed by atoms with Crippen LogP contribution in [0.5, 0.6) is 0 Å². The third kappa shape index (κ3) is 2.05. The van der Waals surface area contributed by atoms with E-state index in [1.807, 2.05) is 19.9 Å². The maximum absolute atomic E-state index is 11.2. The van der Waals surface area contributed by atoms with Gasteiger partial charge in [-0.25, -0.2) is 0 Å². The molecule has 0 aliphatic carbocycles. The zero-order valence-electron chi connectivity index (χ0n) is 6.54. The molecule has 0 saturated heterocycles. The third-order valence-corrected chi connectivity index (χ3v) is 1.92. The molecular formula is C8H10INO. The van der Waals surface area contributed by atoms with Gasteiger partial charge in [0.2, 0.25) is 0 Å². The predicted molar refractivity (Wildman–Crippen MR) is 54.0 cm³/mol. The number of nitrogens with zero attached hydrogens (tertiary/aromatic N) is 1. The molecule has 1 rings (SSSR count). The molecule has 1 heterocycles. The molecule has 2 nitrogen and oxygen atoms in total. The fraction of sp³-hybridized carbons (Fsp3) is 0.375. The Morgan fingerprint density at radius 3 is 2.45 bits per heavy atom. The second-order valence-corrected chi connectivity index (χ2v) is 5.46. The Balaban J connectivity index is 3.26. The van der Waals surface area contributed by atoms with Crippen LogP contribution in [-0.4, -0.2) is 4.57 Å². The molecule has 0 N–H and O–H groups in total. The number of aromatic nitrogens is 1. The van der Waals surface area contributed by atoms with Gasteiger partial charge in [-0.05, 0) is 19.9 Å². The van der Waals surface area contributed by atoms with Crippen LogP contribution in [0.2, 0.25) is 0 Å². The van der Waals surface area contributed by atoms with Crippen molar-refractivity contribution in [2.45, 2.75) is 17.4 Å². The van der Waals surface area contributed by atoms with Gasteiger partial charge in [-0.3, -0.25) is 4.79 Å². The first-order valence-corrected chi connectivity index (χ1v) is 4.47. The molecule has 11 heavy (non-hydrogen) atoms. The van der Waals surface area contributed by atoms with Crippen LogP contribution in [0.3, 0.4) is 0 Å². The van der Waals surface area contributed by atoms with Gasteiger partial charge in [0, 0.05) is 12.3 Å². The number of rotatable bonds is 1. The zero-order valence-corrected chi connectivity index (χ0v) is 8.70. The molecule has 0 aliphatic heterocycles. The molecule has 0 bridgehead atoms. The summed E-state index contributed by atoms with van der Waals surface area (Å²) < 4.78 is 1.56. The lowest BCUT2D eigenvalue weighted by Crippen LogP contribution is -2.29. The molecule has 0 aliphatic rings. The molecule has 0 atom stereocenters. The quantitative estimate of drug-likeness (QED) is 0.561. The molecule has 60 valence electrons. The maximum atomic E-state index is 11.2. The SMILES string of the molecule is CC(C)(I)n1ccccc1=O. The van der Waals surface area contributed by atoms with E-state index in [-0.39, 0.29) is 9.10 Å². The van der Waals surface area contributed by atoms with Crippen LogP contribution in [0.1, 0.15) is 13.8 Å². The normalized spacial score (nSPS) is 11.5. The third-order valence-electron chi connectivity index (χ3n) is 1.40. The van der Waals surface area contributed by atoms with Crippen molar-refractivity contribution in [2.24, 2.45) is 0 Å². The van der Waals surface area contributed by atoms with Gasteiger partial charge < -0.3 is 4.57 Å². The van der Waals surface area contributed by atoms with Crippen LogP contribution in [-0.2, 0) is 3.55 Å². The fourth-order valence-electron chi connectivity index (χ4n) is 0.867. The van der Waals surface area contributed by atoms with Crippen LogP contribution in [0.4, 0.5) is 0 Å². The minimum absolute atomic E-state index is 0.0481. The van der Waals surface area contributed by atoms with E-state index in [9.17, 15) is 4.79 Å². The van der Waals surface area contributed by atoms with Crippen LogP contribution < -0.4 is 5.56 Å². The van der Waals surface area contributed by atoms with Crippen molar-refractivity contribution in [1.82, 2.24) is 4.57 Å². The van der Waals surface area contributed by atoms with E-state index < -0.39 is 0 Å². The van der Waals surface area contributed by atoms with Crippen LogP contribution in [0.15, 0.2) is 29.2 Å². The summed E-state index contributed by atoms with van der Waals surface area (Å²) in [6.07, 6.45) is 1.80. The molecule has 0 saturated carbocycles. The maximum Gasteiger partial charge on any atom is 0.251 e. The average Bonchev–Trinajstić information content (AvgIpc) is 1.86. The Morgan fingerprint density at radius 2 is 2.09 bits per heavy atom. The summed E-state index contributed by atoms with van der Waals surface area (Å²) in [6.45, 7) is 3.99. The Bertz CT molecular complexity index is 297. The highest BCUT2D eigenvalue weighted by molar-refractivity contribution is 14.1. The largest absolute Gasteiger partial charge is 0.301 e. The second kappa shape index (κ2) is 2.97. The van der Waals surface area contributed by atoms with Gasteiger partial charge >= 0.3 is 0 Å². The van der Waals surface area contributed by atoms with Crippen molar-refractivity contribution in [3.63, 3.8) is 0 Å². The molecule has 1 aromatic rings. The molecule has 0 aromatic carbocycles. The summed E-state index contributed by atoms with van der Waals surface area (Å²) in [4.78, 5) is 11.2. The Kier molecular flexibility index (Phi) is 2.37. The zero-order chi connectivity index (χ0) is 8.48. The van der Waals surface area contributed by atoms with E-state index >= 15 is 0 Å². The Hall–Kier alpha value is -0.320. The molecule has 0 amide bonds. The summed E-state index contributed by atoms with van der Waals surface area (Å²) in [7, 11) is 0. The highest BCUT2D eigenvalue weighted by Gasteiger charge is 2.14. The summed E-state index contributed by atoms with van der Waals surface area (Å²) in [5.41, 5.74) is 0.0481. The lowest BCUT2D eigenvalue weighted by molar-refractivity contribution is 0.549. The Morgan fingerprint density at radius 1 is 1.45 bits per heavy atom. The number of alkyl halides is 1. The number of hydrogen-bond donors (Lipinski definition) is 0. The highest BCUT2D eigenvalue weighted by atomic mass is 127. The average molecular weight is 263 g/mol. The van der Waals surface area contributed by atoms with Crippen molar-refractivity contribution in [1.29, 1.82) is 0 Å². The minimum Gasteiger partial charge on any atom is -0.301 e. The van der Waals surface area contributed by atoms with E-state index in [1.165, 1.54) is 0 Å². The molecule has 1 aromatic heterocycles. The molecule has 3 heteroatoms. The van der Waals surface area contributed by atoms with Gasteiger partial charge in [0.1, 0.15) is 0 Å². The van der Waals surface area contributed by atoms with Gasteiger partial charge in [0.25, 0.3) is 5.56 Å². The first-order chi connectivity index (χ1) is 5.02. The molecular weight excluding hydrogens is 253 g/mol. The molecule has 0 spiro atoms. The van der Waals surface area contributed by atoms with E-state index in [0.29, 0.717) is 0 Å². The van der Waals surface area contributed by atoms with E-state index in [2.05, 4.69) is 22.6 Å². The van der Waals surface area contributed by atoms with Crippen LogP contribution in [0, 0.1) is 0 Å². The van der Waals surface area contributed by atoms with Crippen molar-refractivity contribution < 1.29 is 0 Å². The van der Waals surface area contributed by atoms with E-state index in [0.717, 1.165) is 0 Å². The fourth-order valence-corrected chi connectivity index (χ4v) is 1.27. The molecule has 0 unspecified atom stereocenters. The van der Waals surface area contributed by atoms with Gasteiger partial charge in [-0.1, -0.05) is 28.7 Å².